The summed E-state index contributed by atoms with van der Waals surface area (Å²) in [6.07, 6.45) is -6.89. The van der Waals surface area contributed by atoms with E-state index < -0.39 is 73.2 Å². The number of benzene rings is 1. The van der Waals surface area contributed by atoms with Crippen LogP contribution in [0, 0.1) is 0 Å². The summed E-state index contributed by atoms with van der Waals surface area (Å²) in [5.41, 5.74) is 6.02. The third kappa shape index (κ3) is 9.11. The van der Waals surface area contributed by atoms with Gasteiger partial charge in [0, 0.05) is 13.5 Å². The Morgan fingerprint density at radius 3 is 2.09 bits per heavy atom. The van der Waals surface area contributed by atoms with Gasteiger partial charge >= 0.3 is 5.97 Å². The van der Waals surface area contributed by atoms with Crippen LogP contribution in [0.2, 0.25) is 0 Å². The predicted molar refractivity (Wildman–Crippen MR) is 113 cm³/mol. The summed E-state index contributed by atoms with van der Waals surface area (Å²) in [6.45, 7) is 0.108. The first-order valence-corrected chi connectivity index (χ1v) is 10.0. The van der Waals surface area contributed by atoms with Crippen molar-refractivity contribution in [3.63, 3.8) is 0 Å². The molecule has 13 nitrogen and oxygen atoms in total. The molecule has 0 aliphatic carbocycles. The smallest absolute Gasteiger partial charge is 0.305 e. The van der Waals surface area contributed by atoms with Crippen LogP contribution in [0.15, 0.2) is 30.3 Å². The number of carboxylic acid groups (broad SMARTS) is 1. The number of aliphatic hydroxyl groups is 4. The molecule has 13 heteroatoms. The van der Waals surface area contributed by atoms with Gasteiger partial charge in [0.2, 0.25) is 11.8 Å². The Morgan fingerprint density at radius 2 is 1.58 bits per heavy atom. The molecular weight excluding hydrogens is 440 g/mol. The van der Waals surface area contributed by atoms with Gasteiger partial charge in [-0.2, -0.15) is 0 Å². The fourth-order valence-electron chi connectivity index (χ4n) is 2.82. The summed E-state index contributed by atoms with van der Waals surface area (Å²) in [7, 11) is 0. The molecular formula is C20H30N4O9. The van der Waals surface area contributed by atoms with Gasteiger partial charge in [0.25, 0.3) is 5.91 Å². The summed E-state index contributed by atoms with van der Waals surface area (Å²) in [4.78, 5) is 46.5. The lowest BCUT2D eigenvalue weighted by Gasteiger charge is -2.30. The average molecular weight is 470 g/mol. The molecule has 6 atom stereocenters. The molecule has 0 bridgehead atoms. The zero-order valence-electron chi connectivity index (χ0n) is 17.9. The average Bonchev–Trinajstić information content (AvgIpc) is 2.78. The number of hydrogen-bond donors (Lipinski definition) is 9. The molecule has 0 aromatic heterocycles. The van der Waals surface area contributed by atoms with Gasteiger partial charge < -0.3 is 47.2 Å². The molecule has 0 aliphatic heterocycles. The minimum Gasteiger partial charge on any atom is -0.481 e. The van der Waals surface area contributed by atoms with Gasteiger partial charge in [-0.3, -0.25) is 19.2 Å². The van der Waals surface area contributed by atoms with Gasteiger partial charge in [-0.05, 0) is 5.56 Å². The molecule has 33 heavy (non-hydrogen) atoms. The van der Waals surface area contributed by atoms with Crippen LogP contribution in [0.25, 0.3) is 0 Å². The zero-order chi connectivity index (χ0) is 25.1. The number of aliphatic carboxylic acids is 1. The van der Waals surface area contributed by atoms with Crippen molar-refractivity contribution in [1.82, 2.24) is 16.0 Å². The van der Waals surface area contributed by atoms with Gasteiger partial charge in [-0.25, -0.2) is 0 Å². The Hall–Kier alpha value is -3.10. The molecule has 1 rings (SSSR count). The van der Waals surface area contributed by atoms with Crippen LogP contribution in [0.1, 0.15) is 24.9 Å². The molecule has 0 heterocycles. The number of nitrogens with one attached hydrogen (secondary N) is 3. The number of carboxylic acids is 1. The highest BCUT2D eigenvalue weighted by molar-refractivity contribution is 5.84. The number of hydrogen-bond acceptors (Lipinski definition) is 9. The second-order valence-corrected chi connectivity index (χ2v) is 7.34. The molecule has 1 aromatic carbocycles. The van der Waals surface area contributed by atoms with E-state index in [1.54, 1.807) is 30.3 Å². The second-order valence-electron chi connectivity index (χ2n) is 7.34. The normalized spacial score (nSPS) is 16.4. The fraction of sp³-hybridized carbons (Fsp3) is 0.500. The van der Waals surface area contributed by atoms with E-state index in [0.717, 1.165) is 0 Å². The highest BCUT2D eigenvalue weighted by Gasteiger charge is 2.37. The van der Waals surface area contributed by atoms with Gasteiger partial charge in [0.1, 0.15) is 18.2 Å². The maximum absolute atomic E-state index is 12.4. The highest BCUT2D eigenvalue weighted by atomic mass is 16.4. The Bertz CT molecular complexity index is 808. The largest absolute Gasteiger partial charge is 0.481 e. The van der Waals surface area contributed by atoms with Crippen molar-refractivity contribution in [2.45, 2.75) is 49.8 Å². The molecule has 0 saturated carbocycles. The molecule has 0 saturated heterocycles. The molecule has 10 N–H and O–H groups in total. The quantitative estimate of drug-likeness (QED) is 0.137. The van der Waals surface area contributed by atoms with E-state index in [1.165, 1.54) is 6.92 Å². The molecule has 0 spiro atoms. The fourth-order valence-corrected chi connectivity index (χ4v) is 2.82. The van der Waals surface area contributed by atoms with Crippen LogP contribution in [-0.4, -0.2) is 92.8 Å². The van der Waals surface area contributed by atoms with Gasteiger partial charge in [0.05, 0.1) is 25.1 Å². The standard InChI is InChI=1S/C20H30N4O9/c1-10(26)22-8-12(21)19(32)24-14(9-25)16(29)17(30)18(31)20(33)23-13(7-15(27)28)11-5-3-2-4-6-11/h2-6,12-14,16-18,25,29-31H,7-9,21H2,1H3,(H,22,26)(H,23,33)(H,24,32)(H,27,28)/t12-,13-,14-,16+,17+,18-/m0/s1. The highest BCUT2D eigenvalue weighted by Crippen LogP contribution is 2.17. The predicted octanol–water partition coefficient (Wildman–Crippen LogP) is -3.66. The first-order chi connectivity index (χ1) is 15.5. The van der Waals surface area contributed by atoms with Crippen LogP contribution < -0.4 is 21.7 Å². The van der Waals surface area contributed by atoms with E-state index in [4.69, 9.17) is 10.8 Å². The summed E-state index contributed by atoms with van der Waals surface area (Å²) in [5, 5.41) is 56.0. The SMILES string of the molecule is CC(=O)NC[C@H](N)C(=O)N[C@@H](CO)[C@@H](O)[C@@H](O)[C@H](O)C(=O)N[C@@H](CC(=O)O)c1ccccc1. The molecule has 0 fully saturated rings. The minimum absolute atomic E-state index is 0.229. The lowest BCUT2D eigenvalue weighted by molar-refractivity contribution is -0.145. The van der Waals surface area contributed by atoms with Gasteiger partial charge in [-0.1, -0.05) is 30.3 Å². The monoisotopic (exact) mass is 470 g/mol. The van der Waals surface area contributed by atoms with Crippen LogP contribution in [0.3, 0.4) is 0 Å². The van der Waals surface area contributed by atoms with E-state index in [0.29, 0.717) is 5.56 Å². The topological polar surface area (TPSA) is 232 Å². The zero-order valence-corrected chi connectivity index (χ0v) is 17.9. The van der Waals surface area contributed by atoms with Crippen molar-refractivity contribution < 1.29 is 44.7 Å². The van der Waals surface area contributed by atoms with E-state index in [-0.39, 0.29) is 6.54 Å². The number of aliphatic hydroxyl groups excluding tert-OH is 4. The second kappa shape index (κ2) is 13.4. The first-order valence-electron chi connectivity index (χ1n) is 10.0. The number of nitrogens with two attached hydrogens (primary N) is 1. The molecule has 1 aromatic rings. The minimum atomic E-state index is -2.22. The summed E-state index contributed by atoms with van der Waals surface area (Å²) >= 11 is 0. The van der Waals surface area contributed by atoms with Crippen molar-refractivity contribution in [3.05, 3.63) is 35.9 Å². The Morgan fingerprint density at radius 1 is 0.970 bits per heavy atom. The van der Waals surface area contributed by atoms with E-state index in [2.05, 4.69) is 16.0 Å². The third-order valence-corrected chi connectivity index (χ3v) is 4.68. The van der Waals surface area contributed by atoms with Crippen molar-refractivity contribution in [3.8, 4) is 0 Å². The molecule has 0 unspecified atom stereocenters. The number of carbonyl (C=O) groups excluding carboxylic acids is 3. The van der Waals surface area contributed by atoms with Crippen molar-refractivity contribution in [2.75, 3.05) is 13.2 Å². The van der Waals surface area contributed by atoms with E-state index >= 15 is 0 Å². The van der Waals surface area contributed by atoms with Gasteiger partial charge in [0.15, 0.2) is 6.10 Å². The number of rotatable bonds is 13. The number of carbonyl (C=O) groups is 4. The molecule has 184 valence electrons. The molecule has 3 amide bonds. The van der Waals surface area contributed by atoms with Crippen molar-refractivity contribution in [2.24, 2.45) is 5.73 Å². The number of amides is 3. The van der Waals surface area contributed by atoms with Crippen LogP contribution in [-0.2, 0) is 19.2 Å². The first kappa shape index (κ1) is 27.9. The van der Waals surface area contributed by atoms with E-state index in [9.17, 15) is 39.6 Å². The maximum atomic E-state index is 12.4. The Labute approximate surface area is 189 Å². The summed E-state index contributed by atoms with van der Waals surface area (Å²) < 4.78 is 0. The maximum Gasteiger partial charge on any atom is 0.305 e. The summed E-state index contributed by atoms with van der Waals surface area (Å²) in [5.74, 6) is -3.71. The lowest BCUT2D eigenvalue weighted by Crippen LogP contribution is -2.59. The Kier molecular flexibility index (Phi) is 11.4. The Balaban J connectivity index is 2.81. The third-order valence-electron chi connectivity index (χ3n) is 4.68. The van der Waals surface area contributed by atoms with Crippen LogP contribution in [0.4, 0.5) is 0 Å². The van der Waals surface area contributed by atoms with Crippen LogP contribution >= 0.6 is 0 Å². The lowest BCUT2D eigenvalue weighted by atomic mass is 9.99. The van der Waals surface area contributed by atoms with Crippen LogP contribution in [0.5, 0.6) is 0 Å². The van der Waals surface area contributed by atoms with E-state index in [1.807, 2.05) is 0 Å². The van der Waals surface area contributed by atoms with Crippen molar-refractivity contribution >= 4 is 23.7 Å². The molecule has 0 aliphatic rings. The molecule has 0 radical (unpaired) electrons. The van der Waals surface area contributed by atoms with Crippen molar-refractivity contribution in [1.29, 1.82) is 0 Å². The summed E-state index contributed by atoms with van der Waals surface area (Å²) in [6, 6.07) is 4.28. The van der Waals surface area contributed by atoms with Gasteiger partial charge in [-0.15, -0.1) is 0 Å².